The van der Waals surface area contributed by atoms with Crippen LogP contribution in [0.25, 0.3) is 0 Å². The minimum atomic E-state index is -0.108. The molecular formula is C23H31N4O3+. The molecule has 3 N–H and O–H groups in total. The number of quaternary nitrogens is 1. The summed E-state index contributed by atoms with van der Waals surface area (Å²) in [5.74, 6) is -0.158. The lowest BCUT2D eigenvalue weighted by Gasteiger charge is -2.28. The summed E-state index contributed by atoms with van der Waals surface area (Å²) < 4.78 is 5.37. The van der Waals surface area contributed by atoms with Crippen molar-refractivity contribution < 1.29 is 19.2 Å². The van der Waals surface area contributed by atoms with Gasteiger partial charge in [-0.2, -0.15) is 0 Å². The summed E-state index contributed by atoms with van der Waals surface area (Å²) in [6.07, 6.45) is 0.798. The molecule has 1 aliphatic heterocycles. The van der Waals surface area contributed by atoms with E-state index in [2.05, 4.69) is 15.5 Å². The summed E-state index contributed by atoms with van der Waals surface area (Å²) in [4.78, 5) is 27.5. The smallest absolute Gasteiger partial charge is 0.279 e. The molecule has 7 heteroatoms. The molecule has 1 fully saturated rings. The van der Waals surface area contributed by atoms with Gasteiger partial charge in [-0.25, -0.2) is 0 Å². The van der Waals surface area contributed by atoms with Crippen molar-refractivity contribution in [1.29, 1.82) is 0 Å². The first-order valence-corrected chi connectivity index (χ1v) is 10.4. The number of hydrogen-bond donors (Lipinski definition) is 3. The normalized spacial score (nSPS) is 14.8. The van der Waals surface area contributed by atoms with Gasteiger partial charge in [-0.05, 0) is 36.2 Å². The highest BCUT2D eigenvalue weighted by atomic mass is 16.5. The molecule has 1 unspecified atom stereocenters. The maximum absolute atomic E-state index is 12.3. The van der Waals surface area contributed by atoms with Gasteiger partial charge < -0.3 is 25.2 Å². The second kappa shape index (κ2) is 11.3. The zero-order chi connectivity index (χ0) is 21.2. The number of benzene rings is 2. The molecule has 160 valence electrons. The van der Waals surface area contributed by atoms with Crippen LogP contribution in [0.2, 0.25) is 0 Å². The van der Waals surface area contributed by atoms with Gasteiger partial charge in [-0.15, -0.1) is 0 Å². The fourth-order valence-corrected chi connectivity index (χ4v) is 3.45. The Morgan fingerprint density at radius 2 is 1.63 bits per heavy atom. The minimum Gasteiger partial charge on any atom is -0.378 e. The summed E-state index contributed by atoms with van der Waals surface area (Å²) in [5.41, 5.74) is 3.08. The van der Waals surface area contributed by atoms with Crippen LogP contribution in [0.4, 0.5) is 11.4 Å². The molecular weight excluding hydrogens is 380 g/mol. The average Bonchev–Trinajstić information content (AvgIpc) is 2.75. The SMILES string of the molecule is C[NH+](CC(=O)NCCc1ccccc1)CC(=O)Nc1ccc(N2CCOCC2)cc1. The van der Waals surface area contributed by atoms with Crippen molar-refractivity contribution in [2.75, 3.05) is 63.2 Å². The van der Waals surface area contributed by atoms with Crippen LogP contribution in [0.1, 0.15) is 5.56 Å². The van der Waals surface area contributed by atoms with E-state index in [-0.39, 0.29) is 24.9 Å². The van der Waals surface area contributed by atoms with Gasteiger partial charge in [0, 0.05) is 31.0 Å². The maximum Gasteiger partial charge on any atom is 0.279 e. The lowest BCUT2D eigenvalue weighted by atomic mass is 10.1. The molecule has 0 aromatic heterocycles. The van der Waals surface area contributed by atoms with Crippen LogP contribution < -0.4 is 20.4 Å². The molecule has 3 rings (SSSR count). The van der Waals surface area contributed by atoms with Gasteiger partial charge in [0.05, 0.1) is 20.3 Å². The van der Waals surface area contributed by atoms with E-state index in [4.69, 9.17) is 4.74 Å². The van der Waals surface area contributed by atoms with Crippen molar-refractivity contribution in [1.82, 2.24) is 5.32 Å². The highest BCUT2D eigenvalue weighted by Gasteiger charge is 2.15. The molecule has 30 heavy (non-hydrogen) atoms. The van der Waals surface area contributed by atoms with E-state index < -0.39 is 0 Å². The second-order valence-electron chi connectivity index (χ2n) is 7.59. The van der Waals surface area contributed by atoms with Crippen LogP contribution in [0.3, 0.4) is 0 Å². The molecule has 0 spiro atoms. The number of nitrogens with zero attached hydrogens (tertiary/aromatic N) is 1. The monoisotopic (exact) mass is 411 g/mol. The summed E-state index contributed by atoms with van der Waals surface area (Å²) >= 11 is 0. The second-order valence-corrected chi connectivity index (χ2v) is 7.59. The van der Waals surface area contributed by atoms with Gasteiger partial charge in [0.15, 0.2) is 13.1 Å². The number of anilines is 2. The number of likely N-dealkylation sites (N-methyl/N-ethyl adjacent to an activating group) is 1. The maximum atomic E-state index is 12.3. The van der Waals surface area contributed by atoms with E-state index in [0.29, 0.717) is 6.54 Å². The van der Waals surface area contributed by atoms with Gasteiger partial charge in [-0.3, -0.25) is 9.59 Å². The Morgan fingerprint density at radius 3 is 2.33 bits per heavy atom. The first-order valence-electron chi connectivity index (χ1n) is 10.4. The van der Waals surface area contributed by atoms with Crippen molar-refractivity contribution in [3.05, 3.63) is 60.2 Å². The molecule has 2 aromatic rings. The van der Waals surface area contributed by atoms with Crippen molar-refractivity contribution in [3.8, 4) is 0 Å². The molecule has 1 heterocycles. The fourth-order valence-electron chi connectivity index (χ4n) is 3.45. The molecule has 0 bridgehead atoms. The third-order valence-corrected chi connectivity index (χ3v) is 5.03. The number of carbonyl (C=O) groups is 2. The number of hydrogen-bond acceptors (Lipinski definition) is 4. The lowest BCUT2D eigenvalue weighted by Crippen LogP contribution is -3.11. The van der Waals surface area contributed by atoms with E-state index >= 15 is 0 Å². The van der Waals surface area contributed by atoms with Crippen molar-refractivity contribution in [2.24, 2.45) is 0 Å². The largest absolute Gasteiger partial charge is 0.378 e. The van der Waals surface area contributed by atoms with Gasteiger partial charge in [0.1, 0.15) is 0 Å². The van der Waals surface area contributed by atoms with Crippen LogP contribution >= 0.6 is 0 Å². The molecule has 0 aliphatic carbocycles. The van der Waals surface area contributed by atoms with Gasteiger partial charge in [-0.1, -0.05) is 30.3 Å². The number of amides is 2. The zero-order valence-corrected chi connectivity index (χ0v) is 17.5. The molecule has 0 radical (unpaired) electrons. The van der Waals surface area contributed by atoms with Crippen LogP contribution in [0.5, 0.6) is 0 Å². The number of nitrogens with one attached hydrogen (secondary N) is 3. The zero-order valence-electron chi connectivity index (χ0n) is 17.5. The number of morpholine rings is 1. The minimum absolute atomic E-state index is 0.0499. The van der Waals surface area contributed by atoms with E-state index in [1.54, 1.807) is 0 Å². The van der Waals surface area contributed by atoms with Gasteiger partial charge in [0.25, 0.3) is 11.8 Å². The highest BCUT2D eigenvalue weighted by molar-refractivity contribution is 5.91. The summed E-state index contributed by atoms with van der Waals surface area (Å²) in [7, 11) is 1.85. The van der Waals surface area contributed by atoms with Crippen LogP contribution in [0, 0.1) is 0 Å². The first-order chi connectivity index (χ1) is 14.6. The Hall–Kier alpha value is -2.90. The fraction of sp³-hybridized carbons (Fsp3) is 0.391. The summed E-state index contributed by atoms with van der Waals surface area (Å²) in [6, 6.07) is 17.9. The van der Waals surface area contributed by atoms with Crippen LogP contribution in [-0.2, 0) is 20.7 Å². The molecule has 1 saturated heterocycles. The van der Waals surface area contributed by atoms with Crippen molar-refractivity contribution in [3.63, 3.8) is 0 Å². The Bertz CT molecular complexity index is 805. The van der Waals surface area contributed by atoms with Gasteiger partial charge in [0.2, 0.25) is 0 Å². The van der Waals surface area contributed by atoms with Crippen LogP contribution in [-0.4, -0.2) is 64.8 Å². The number of ether oxygens (including phenoxy) is 1. The van der Waals surface area contributed by atoms with Crippen LogP contribution in [0.15, 0.2) is 54.6 Å². The first kappa shape index (κ1) is 21.8. The van der Waals surface area contributed by atoms with E-state index in [0.717, 1.165) is 49.0 Å². The third kappa shape index (κ3) is 7.17. The molecule has 0 saturated carbocycles. The molecule has 2 aromatic carbocycles. The van der Waals surface area contributed by atoms with E-state index in [1.165, 1.54) is 5.56 Å². The Balaban J connectivity index is 1.36. The van der Waals surface area contributed by atoms with E-state index in [1.807, 2.05) is 61.6 Å². The number of rotatable bonds is 9. The van der Waals surface area contributed by atoms with Crippen molar-refractivity contribution in [2.45, 2.75) is 6.42 Å². The standard InChI is InChI=1S/C23H30N4O3/c1-26(17-22(28)24-12-11-19-5-3-2-4-6-19)18-23(29)25-20-7-9-21(10-8-20)27-13-15-30-16-14-27/h2-10H,11-18H2,1H3,(H,24,28)(H,25,29)/p+1. The Morgan fingerprint density at radius 1 is 0.967 bits per heavy atom. The lowest BCUT2D eigenvalue weighted by molar-refractivity contribution is -0.862. The Kier molecular flexibility index (Phi) is 8.23. The highest BCUT2D eigenvalue weighted by Crippen LogP contribution is 2.18. The van der Waals surface area contributed by atoms with Crippen molar-refractivity contribution >= 4 is 23.2 Å². The average molecular weight is 412 g/mol. The van der Waals surface area contributed by atoms with E-state index in [9.17, 15) is 9.59 Å². The molecule has 1 atom stereocenters. The summed E-state index contributed by atoms with van der Waals surface area (Å²) in [5, 5.41) is 5.82. The molecule has 2 amide bonds. The predicted molar refractivity (Wildman–Crippen MR) is 118 cm³/mol. The predicted octanol–water partition coefficient (Wildman–Crippen LogP) is 0.335. The van der Waals surface area contributed by atoms with Gasteiger partial charge >= 0.3 is 0 Å². The Labute approximate surface area is 178 Å². The third-order valence-electron chi connectivity index (χ3n) is 5.03. The molecule has 7 nitrogen and oxygen atoms in total. The number of carbonyl (C=O) groups excluding carboxylic acids is 2. The quantitative estimate of drug-likeness (QED) is 0.556. The molecule has 1 aliphatic rings. The summed E-state index contributed by atoms with van der Waals surface area (Å²) in [6.45, 7) is 4.34. The topological polar surface area (TPSA) is 75.1 Å².